The lowest BCUT2D eigenvalue weighted by atomic mass is 10.3. The van der Waals surface area contributed by atoms with E-state index in [4.69, 9.17) is 0 Å². The van der Waals surface area contributed by atoms with Crippen LogP contribution in [0.5, 0.6) is 0 Å². The van der Waals surface area contributed by atoms with Crippen molar-refractivity contribution in [3.8, 4) is 0 Å². The molecule has 1 aliphatic rings. The van der Waals surface area contributed by atoms with Crippen molar-refractivity contribution in [2.45, 2.75) is 12.7 Å². The molecule has 0 saturated carbocycles. The van der Waals surface area contributed by atoms with Crippen LogP contribution in [0.4, 0.5) is 0 Å². The van der Waals surface area contributed by atoms with Gasteiger partial charge >= 0.3 is 0 Å². The summed E-state index contributed by atoms with van der Waals surface area (Å²) in [5.41, 5.74) is 1.02. The number of carbonyl (C=O) groups is 2. The van der Waals surface area contributed by atoms with Crippen LogP contribution in [-0.4, -0.2) is 47.1 Å². The summed E-state index contributed by atoms with van der Waals surface area (Å²) in [6.07, 6.45) is 0. The monoisotopic (exact) mass is 285 g/mol. The van der Waals surface area contributed by atoms with Crippen molar-refractivity contribution in [3.63, 3.8) is 0 Å². The van der Waals surface area contributed by atoms with E-state index in [1.165, 1.54) is 0 Å². The summed E-state index contributed by atoms with van der Waals surface area (Å²) < 4.78 is 0. The minimum Gasteiger partial charge on any atom is -0.353 e. The highest BCUT2D eigenvalue weighted by Crippen LogP contribution is 2.15. The molecule has 0 unspecified atom stereocenters. The largest absolute Gasteiger partial charge is 0.353 e. The maximum Gasteiger partial charge on any atom is 0.239 e. The molecule has 1 aliphatic heterocycles. The number of aromatic nitrogens is 1. The van der Waals surface area contributed by atoms with Gasteiger partial charge in [-0.15, -0.1) is 23.1 Å². The molecule has 2 rings (SSSR count). The second-order valence-corrected chi connectivity index (χ2v) is 6.06. The predicted octanol–water partition coefficient (Wildman–Crippen LogP) is 0.643. The van der Waals surface area contributed by atoms with Crippen molar-refractivity contribution in [2.24, 2.45) is 0 Å². The first-order valence-electron chi connectivity index (χ1n) is 5.68. The van der Waals surface area contributed by atoms with Gasteiger partial charge in [-0.2, -0.15) is 0 Å². The van der Waals surface area contributed by atoms with Crippen molar-refractivity contribution >= 4 is 34.9 Å². The summed E-state index contributed by atoms with van der Waals surface area (Å²) in [4.78, 5) is 29.0. The third kappa shape index (κ3) is 3.71. The van der Waals surface area contributed by atoms with Crippen LogP contribution in [0, 0.1) is 6.92 Å². The van der Waals surface area contributed by atoms with E-state index >= 15 is 0 Å². The van der Waals surface area contributed by atoms with Gasteiger partial charge in [-0.3, -0.25) is 9.59 Å². The molecular formula is C11H15N3O2S2. The van der Waals surface area contributed by atoms with Crippen LogP contribution in [0.2, 0.25) is 0 Å². The molecule has 5 nitrogen and oxygen atoms in total. The standard InChI is InChI=1S/C11H15N3O2S2/c1-8-13-9(6-18-8)5-17-7-11(16)14-3-2-12-10(15)4-14/h6H,2-5,7H2,1H3,(H,12,15). The van der Waals surface area contributed by atoms with E-state index in [-0.39, 0.29) is 18.4 Å². The van der Waals surface area contributed by atoms with Crippen molar-refractivity contribution < 1.29 is 9.59 Å². The van der Waals surface area contributed by atoms with Gasteiger partial charge in [-0.25, -0.2) is 4.98 Å². The summed E-state index contributed by atoms with van der Waals surface area (Å²) in [6.45, 7) is 3.33. The van der Waals surface area contributed by atoms with Gasteiger partial charge in [-0.1, -0.05) is 0 Å². The summed E-state index contributed by atoms with van der Waals surface area (Å²) in [6, 6.07) is 0. The number of nitrogens with zero attached hydrogens (tertiary/aromatic N) is 2. The molecule has 0 aliphatic carbocycles. The molecular weight excluding hydrogens is 270 g/mol. The van der Waals surface area contributed by atoms with Gasteiger partial charge in [0.05, 0.1) is 23.0 Å². The molecule has 1 aromatic heterocycles. The van der Waals surface area contributed by atoms with Crippen molar-refractivity contribution in [3.05, 3.63) is 16.1 Å². The molecule has 2 heterocycles. The van der Waals surface area contributed by atoms with E-state index in [0.29, 0.717) is 18.8 Å². The summed E-state index contributed by atoms with van der Waals surface area (Å²) in [7, 11) is 0. The molecule has 18 heavy (non-hydrogen) atoms. The fourth-order valence-electron chi connectivity index (χ4n) is 1.66. The molecule has 98 valence electrons. The summed E-state index contributed by atoms with van der Waals surface area (Å²) in [5.74, 6) is 1.11. The van der Waals surface area contributed by atoms with Gasteiger partial charge in [0.2, 0.25) is 11.8 Å². The molecule has 1 saturated heterocycles. The summed E-state index contributed by atoms with van der Waals surface area (Å²) >= 11 is 3.16. The van der Waals surface area contributed by atoms with Crippen molar-refractivity contribution in [1.29, 1.82) is 0 Å². The Morgan fingerprint density at radius 2 is 2.50 bits per heavy atom. The zero-order valence-corrected chi connectivity index (χ0v) is 11.8. The molecule has 1 N–H and O–H groups in total. The fourth-order valence-corrected chi connectivity index (χ4v) is 3.19. The van der Waals surface area contributed by atoms with E-state index in [0.717, 1.165) is 16.5 Å². The first-order chi connectivity index (χ1) is 8.65. The van der Waals surface area contributed by atoms with Gasteiger partial charge in [0.25, 0.3) is 0 Å². The second-order valence-electron chi connectivity index (χ2n) is 4.02. The Morgan fingerprint density at radius 3 is 3.17 bits per heavy atom. The lowest BCUT2D eigenvalue weighted by molar-refractivity contribution is -0.136. The van der Waals surface area contributed by atoms with Crippen molar-refractivity contribution in [2.75, 3.05) is 25.4 Å². The lowest BCUT2D eigenvalue weighted by Gasteiger charge is -2.26. The minimum absolute atomic E-state index is 0.0294. The van der Waals surface area contributed by atoms with E-state index in [1.54, 1.807) is 28.0 Å². The van der Waals surface area contributed by atoms with Crippen molar-refractivity contribution in [1.82, 2.24) is 15.2 Å². The maximum atomic E-state index is 11.8. The molecule has 0 radical (unpaired) electrons. The second kappa shape index (κ2) is 6.19. The fraction of sp³-hybridized carbons (Fsp3) is 0.545. The van der Waals surface area contributed by atoms with Gasteiger partial charge in [0, 0.05) is 24.2 Å². The normalized spacial score (nSPS) is 15.6. The van der Waals surface area contributed by atoms with Crippen LogP contribution in [0.3, 0.4) is 0 Å². The minimum atomic E-state index is -0.0743. The Hall–Kier alpha value is -1.08. The zero-order valence-electron chi connectivity index (χ0n) is 10.1. The van der Waals surface area contributed by atoms with E-state index in [9.17, 15) is 9.59 Å². The Balaban J connectivity index is 1.73. The Kier molecular flexibility index (Phi) is 4.60. The highest BCUT2D eigenvalue weighted by molar-refractivity contribution is 7.99. The van der Waals surface area contributed by atoms with Gasteiger partial charge in [-0.05, 0) is 6.92 Å². The Labute approximate surface area is 114 Å². The predicted molar refractivity (Wildman–Crippen MR) is 72.6 cm³/mol. The molecule has 0 spiro atoms. The SMILES string of the molecule is Cc1nc(CSCC(=O)N2CCNC(=O)C2)cs1. The quantitative estimate of drug-likeness (QED) is 0.882. The number of amides is 2. The van der Waals surface area contributed by atoms with Crippen LogP contribution in [0.25, 0.3) is 0 Å². The van der Waals surface area contributed by atoms with Crippen LogP contribution < -0.4 is 5.32 Å². The smallest absolute Gasteiger partial charge is 0.239 e. The lowest BCUT2D eigenvalue weighted by Crippen LogP contribution is -2.50. The number of thiazole rings is 1. The molecule has 0 atom stereocenters. The molecule has 0 aromatic carbocycles. The number of nitrogens with one attached hydrogen (secondary N) is 1. The molecule has 7 heteroatoms. The van der Waals surface area contributed by atoms with Crippen LogP contribution in [-0.2, 0) is 15.3 Å². The van der Waals surface area contributed by atoms with E-state index in [2.05, 4.69) is 10.3 Å². The number of piperazine rings is 1. The number of hydrogen-bond donors (Lipinski definition) is 1. The highest BCUT2D eigenvalue weighted by atomic mass is 32.2. The topological polar surface area (TPSA) is 62.3 Å². The summed E-state index contributed by atoms with van der Waals surface area (Å²) in [5, 5.41) is 5.76. The molecule has 2 amide bonds. The first kappa shape index (κ1) is 13.4. The van der Waals surface area contributed by atoms with Crippen LogP contribution in [0.1, 0.15) is 10.7 Å². The highest BCUT2D eigenvalue weighted by Gasteiger charge is 2.20. The van der Waals surface area contributed by atoms with Gasteiger partial charge < -0.3 is 10.2 Å². The zero-order chi connectivity index (χ0) is 13.0. The van der Waals surface area contributed by atoms with Crippen LogP contribution in [0.15, 0.2) is 5.38 Å². The number of thioether (sulfide) groups is 1. The number of rotatable bonds is 4. The van der Waals surface area contributed by atoms with E-state index in [1.807, 2.05) is 12.3 Å². The van der Waals surface area contributed by atoms with Gasteiger partial charge in [0.15, 0.2) is 0 Å². The molecule has 0 bridgehead atoms. The van der Waals surface area contributed by atoms with Crippen LogP contribution >= 0.6 is 23.1 Å². The first-order valence-corrected chi connectivity index (χ1v) is 7.72. The third-order valence-corrected chi connectivity index (χ3v) is 4.31. The Bertz CT molecular complexity index is 447. The molecule has 1 aromatic rings. The molecule has 1 fully saturated rings. The number of aryl methyl sites for hydroxylation is 1. The Morgan fingerprint density at radius 1 is 1.67 bits per heavy atom. The number of carbonyl (C=O) groups excluding carboxylic acids is 2. The van der Waals surface area contributed by atoms with E-state index < -0.39 is 0 Å². The average Bonchev–Trinajstić information content (AvgIpc) is 2.75. The maximum absolute atomic E-state index is 11.8. The third-order valence-electron chi connectivity index (χ3n) is 2.53. The number of hydrogen-bond acceptors (Lipinski definition) is 5. The van der Waals surface area contributed by atoms with Gasteiger partial charge in [0.1, 0.15) is 0 Å². The average molecular weight is 285 g/mol.